The molecule has 4 nitrogen and oxygen atoms in total. The van der Waals surface area contributed by atoms with E-state index in [-0.39, 0.29) is 0 Å². The molecule has 0 unspecified atom stereocenters. The van der Waals surface area contributed by atoms with Crippen LogP contribution in [0.1, 0.15) is 0 Å². The molecule has 0 fully saturated rings. The highest BCUT2D eigenvalue weighted by molar-refractivity contribution is 5.40. The first-order chi connectivity index (χ1) is 8.99. The number of ether oxygens (including phenoxy) is 1. The molecule has 0 N–H and O–H groups in total. The standard InChI is InChI=1S/C12H6F3NO3/c13-8-2-1-3-11(12(8)15)19-10-5-4-7(16(17)18)6-9(10)14/h1-6H. The molecule has 2 rings (SSSR count). The number of hydrogen-bond acceptors (Lipinski definition) is 3. The first-order valence-corrected chi connectivity index (χ1v) is 5.05. The quantitative estimate of drug-likeness (QED) is 0.629. The Hall–Kier alpha value is -2.57. The molecule has 0 aliphatic heterocycles. The lowest BCUT2D eigenvalue weighted by atomic mass is 10.3. The summed E-state index contributed by atoms with van der Waals surface area (Å²) in [5.41, 5.74) is -0.468. The molecule has 19 heavy (non-hydrogen) atoms. The van der Waals surface area contributed by atoms with Crippen LogP contribution in [0.25, 0.3) is 0 Å². The molecule has 0 heterocycles. The Morgan fingerprint density at radius 2 is 1.74 bits per heavy atom. The van der Waals surface area contributed by atoms with Crippen LogP contribution in [0.5, 0.6) is 11.5 Å². The number of nitro groups is 1. The smallest absolute Gasteiger partial charge is 0.272 e. The maximum atomic E-state index is 13.5. The van der Waals surface area contributed by atoms with Crippen molar-refractivity contribution in [2.45, 2.75) is 0 Å². The summed E-state index contributed by atoms with van der Waals surface area (Å²) in [5, 5.41) is 10.4. The number of halogens is 3. The fourth-order valence-electron chi connectivity index (χ4n) is 1.37. The van der Waals surface area contributed by atoms with Crippen LogP contribution < -0.4 is 4.74 Å². The van der Waals surface area contributed by atoms with Crippen LogP contribution in [0.4, 0.5) is 18.9 Å². The van der Waals surface area contributed by atoms with Gasteiger partial charge in [-0.05, 0) is 18.2 Å². The van der Waals surface area contributed by atoms with Gasteiger partial charge in [0.1, 0.15) is 0 Å². The second-order valence-electron chi connectivity index (χ2n) is 3.53. The van der Waals surface area contributed by atoms with E-state index in [2.05, 4.69) is 0 Å². The average molecular weight is 269 g/mol. The zero-order valence-corrected chi connectivity index (χ0v) is 9.27. The zero-order valence-electron chi connectivity index (χ0n) is 9.27. The summed E-state index contributed by atoms with van der Waals surface area (Å²) >= 11 is 0. The number of nitrogens with zero attached hydrogens (tertiary/aromatic N) is 1. The van der Waals surface area contributed by atoms with E-state index < -0.39 is 39.6 Å². The van der Waals surface area contributed by atoms with Gasteiger partial charge in [-0.1, -0.05) is 6.07 Å². The van der Waals surface area contributed by atoms with Crippen LogP contribution >= 0.6 is 0 Å². The lowest BCUT2D eigenvalue weighted by Gasteiger charge is -2.07. The Balaban J connectivity index is 2.34. The molecule has 0 saturated carbocycles. The summed E-state index contributed by atoms with van der Waals surface area (Å²) in [6, 6.07) is 5.78. The Kier molecular flexibility index (Phi) is 3.37. The maximum absolute atomic E-state index is 13.5. The summed E-state index contributed by atoms with van der Waals surface area (Å²) in [6.07, 6.45) is 0. The van der Waals surface area contributed by atoms with E-state index in [0.717, 1.165) is 24.3 Å². The van der Waals surface area contributed by atoms with Gasteiger partial charge in [0.15, 0.2) is 23.1 Å². The van der Waals surface area contributed by atoms with Gasteiger partial charge < -0.3 is 4.74 Å². The van der Waals surface area contributed by atoms with E-state index in [1.54, 1.807) is 0 Å². The number of nitro benzene ring substituents is 1. The van der Waals surface area contributed by atoms with E-state index in [4.69, 9.17) is 4.74 Å². The zero-order chi connectivity index (χ0) is 14.0. The molecule has 0 aromatic heterocycles. The van der Waals surface area contributed by atoms with E-state index in [0.29, 0.717) is 6.07 Å². The fraction of sp³-hybridized carbons (Fsp3) is 0. The van der Waals surface area contributed by atoms with Crippen molar-refractivity contribution >= 4 is 5.69 Å². The fourth-order valence-corrected chi connectivity index (χ4v) is 1.37. The molecule has 0 atom stereocenters. The van der Waals surface area contributed by atoms with Gasteiger partial charge in [0.25, 0.3) is 5.69 Å². The molecule has 0 radical (unpaired) electrons. The Morgan fingerprint density at radius 1 is 1.00 bits per heavy atom. The van der Waals surface area contributed by atoms with Crippen molar-refractivity contribution in [2.24, 2.45) is 0 Å². The topological polar surface area (TPSA) is 52.4 Å². The van der Waals surface area contributed by atoms with Gasteiger partial charge in [-0.2, -0.15) is 4.39 Å². The molecule has 7 heteroatoms. The number of hydrogen-bond donors (Lipinski definition) is 0. The SMILES string of the molecule is O=[N+]([O-])c1ccc(Oc2cccc(F)c2F)c(F)c1. The van der Waals surface area contributed by atoms with E-state index in [9.17, 15) is 23.3 Å². The van der Waals surface area contributed by atoms with E-state index in [1.807, 2.05) is 0 Å². The molecule has 98 valence electrons. The van der Waals surface area contributed by atoms with Crippen LogP contribution in [0, 0.1) is 27.6 Å². The number of non-ortho nitro benzene ring substituents is 1. The maximum Gasteiger partial charge on any atom is 0.272 e. The van der Waals surface area contributed by atoms with Gasteiger partial charge in [0.05, 0.1) is 11.0 Å². The molecule has 2 aromatic carbocycles. The van der Waals surface area contributed by atoms with E-state index in [1.165, 1.54) is 6.07 Å². The highest BCUT2D eigenvalue weighted by atomic mass is 19.2. The van der Waals surface area contributed by atoms with Gasteiger partial charge in [-0.3, -0.25) is 10.1 Å². The Morgan fingerprint density at radius 3 is 2.37 bits per heavy atom. The normalized spacial score (nSPS) is 10.3. The minimum absolute atomic E-state index is 0.435. The number of rotatable bonds is 3. The summed E-state index contributed by atoms with van der Waals surface area (Å²) in [4.78, 5) is 9.63. The van der Waals surface area contributed by atoms with Crippen LogP contribution in [0.2, 0.25) is 0 Å². The first kappa shape index (κ1) is 12.9. The number of benzene rings is 2. The summed E-state index contributed by atoms with van der Waals surface area (Å²) in [7, 11) is 0. The Labute approximate surface area is 105 Å². The highest BCUT2D eigenvalue weighted by Crippen LogP contribution is 2.29. The lowest BCUT2D eigenvalue weighted by Crippen LogP contribution is -1.95. The third kappa shape index (κ3) is 2.65. The van der Waals surface area contributed by atoms with E-state index >= 15 is 0 Å². The Bertz CT molecular complexity index is 646. The lowest BCUT2D eigenvalue weighted by molar-refractivity contribution is -0.385. The second-order valence-corrected chi connectivity index (χ2v) is 3.53. The van der Waals surface area contributed by atoms with Crippen molar-refractivity contribution < 1.29 is 22.8 Å². The van der Waals surface area contributed by atoms with Crippen molar-refractivity contribution in [3.05, 3.63) is 64.0 Å². The minimum atomic E-state index is -1.26. The molecular weight excluding hydrogens is 263 g/mol. The first-order valence-electron chi connectivity index (χ1n) is 5.05. The summed E-state index contributed by atoms with van der Waals surface area (Å²) in [6.45, 7) is 0. The monoisotopic (exact) mass is 269 g/mol. The molecule has 0 aliphatic rings. The van der Waals surface area contributed by atoms with Gasteiger partial charge in [0.2, 0.25) is 5.82 Å². The molecule has 0 saturated heterocycles. The molecule has 0 amide bonds. The average Bonchev–Trinajstić information content (AvgIpc) is 2.37. The van der Waals surface area contributed by atoms with Crippen LogP contribution in [0.3, 0.4) is 0 Å². The van der Waals surface area contributed by atoms with Crippen LogP contribution in [0.15, 0.2) is 36.4 Å². The van der Waals surface area contributed by atoms with Crippen LogP contribution in [-0.2, 0) is 0 Å². The van der Waals surface area contributed by atoms with Crippen LogP contribution in [-0.4, -0.2) is 4.92 Å². The minimum Gasteiger partial charge on any atom is -0.451 e. The largest absolute Gasteiger partial charge is 0.451 e. The molecule has 2 aromatic rings. The third-order valence-electron chi connectivity index (χ3n) is 2.26. The van der Waals surface area contributed by atoms with Crippen molar-refractivity contribution in [3.8, 4) is 11.5 Å². The summed E-state index contributed by atoms with van der Waals surface area (Å²) in [5.74, 6) is -4.39. The molecular formula is C12H6F3NO3. The summed E-state index contributed by atoms with van der Waals surface area (Å²) < 4.78 is 44.5. The molecule has 0 aliphatic carbocycles. The van der Waals surface area contributed by atoms with Gasteiger partial charge in [-0.15, -0.1) is 0 Å². The van der Waals surface area contributed by atoms with Gasteiger partial charge >= 0.3 is 0 Å². The third-order valence-corrected chi connectivity index (χ3v) is 2.26. The predicted octanol–water partition coefficient (Wildman–Crippen LogP) is 3.80. The molecule has 0 bridgehead atoms. The predicted molar refractivity (Wildman–Crippen MR) is 59.5 cm³/mol. The van der Waals surface area contributed by atoms with Crippen molar-refractivity contribution in [1.29, 1.82) is 0 Å². The van der Waals surface area contributed by atoms with Crippen molar-refractivity contribution in [2.75, 3.05) is 0 Å². The molecule has 0 spiro atoms. The second kappa shape index (κ2) is 4.97. The van der Waals surface area contributed by atoms with Crippen molar-refractivity contribution in [1.82, 2.24) is 0 Å². The van der Waals surface area contributed by atoms with Gasteiger partial charge in [0, 0.05) is 6.07 Å². The highest BCUT2D eigenvalue weighted by Gasteiger charge is 2.15. The van der Waals surface area contributed by atoms with Gasteiger partial charge in [-0.25, -0.2) is 8.78 Å². The van der Waals surface area contributed by atoms with Crippen molar-refractivity contribution in [3.63, 3.8) is 0 Å².